The molecule has 0 spiro atoms. The minimum atomic E-state index is -0.537. The zero-order valence-corrected chi connectivity index (χ0v) is 15.7. The molecule has 1 saturated heterocycles. The van der Waals surface area contributed by atoms with Gasteiger partial charge in [0.05, 0.1) is 6.10 Å². The van der Waals surface area contributed by atoms with Crippen LogP contribution < -0.4 is 0 Å². The molecule has 2 heterocycles. The first-order valence-corrected chi connectivity index (χ1v) is 8.23. The first kappa shape index (κ1) is 21.9. The Morgan fingerprint density at radius 2 is 1.92 bits per heavy atom. The summed E-state index contributed by atoms with van der Waals surface area (Å²) in [5.41, 5.74) is 1.98. The molecule has 0 saturated carbocycles. The Morgan fingerprint density at radius 1 is 1.20 bits per heavy atom. The van der Waals surface area contributed by atoms with Crippen LogP contribution in [0.15, 0.2) is 35.5 Å². The number of aliphatic hydroxyl groups is 1. The van der Waals surface area contributed by atoms with E-state index in [1.165, 1.54) is 19.3 Å². The summed E-state index contributed by atoms with van der Waals surface area (Å²) in [6.45, 7) is 10.4. The van der Waals surface area contributed by atoms with Gasteiger partial charge in [-0.25, -0.2) is 10.1 Å². The molecule has 2 aliphatic rings. The summed E-state index contributed by atoms with van der Waals surface area (Å²) >= 11 is 0. The number of hydroxylamine groups is 2. The molecular weight excluding hydrogens is 361 g/mol. The number of nitrogens with zero attached hydrogens (tertiary/aromatic N) is 3. The summed E-state index contributed by atoms with van der Waals surface area (Å²) in [6, 6.07) is 7.83. The Morgan fingerprint density at radius 3 is 2.64 bits per heavy atom. The van der Waals surface area contributed by atoms with Gasteiger partial charge >= 0.3 is 0 Å². The average molecular weight is 386 g/mol. The van der Waals surface area contributed by atoms with Gasteiger partial charge in [-0.3, -0.25) is 4.84 Å². The van der Waals surface area contributed by atoms with Crippen LogP contribution in [0, 0.1) is 0 Å². The van der Waals surface area contributed by atoms with Crippen molar-refractivity contribution >= 4 is 37.6 Å². The van der Waals surface area contributed by atoms with Gasteiger partial charge in [-0.2, -0.15) is 0 Å². The minimum Gasteiger partial charge on any atom is -0.389 e. The van der Waals surface area contributed by atoms with Gasteiger partial charge in [-0.1, -0.05) is 30.7 Å². The van der Waals surface area contributed by atoms with Gasteiger partial charge in [-0.15, -0.1) is 24.8 Å². The van der Waals surface area contributed by atoms with Crippen LogP contribution in [0.1, 0.15) is 36.6 Å². The summed E-state index contributed by atoms with van der Waals surface area (Å²) in [7, 11) is 0. The van der Waals surface area contributed by atoms with Gasteiger partial charge in [0, 0.05) is 18.3 Å². The first-order valence-electron chi connectivity index (χ1n) is 8.23. The van der Waals surface area contributed by atoms with Crippen molar-refractivity contribution in [3.63, 3.8) is 0 Å². The lowest BCUT2D eigenvalue weighted by Gasteiger charge is -2.32. The van der Waals surface area contributed by atoms with Gasteiger partial charge in [-0.05, 0) is 37.6 Å². The number of β-amino-alcohol motifs (C(OH)–C–C–N with tert-alkyl or cyclic N) is 1. The maximum atomic E-state index is 10.2. The maximum Gasteiger partial charge on any atom is 0.172 e. The molecule has 2 atom stereocenters. The van der Waals surface area contributed by atoms with Crippen LogP contribution >= 0.6 is 24.8 Å². The quantitative estimate of drug-likeness (QED) is 0.764. The summed E-state index contributed by atoms with van der Waals surface area (Å²) in [5, 5.41) is 11.7. The van der Waals surface area contributed by atoms with Crippen molar-refractivity contribution in [2.24, 2.45) is 4.99 Å². The van der Waals surface area contributed by atoms with E-state index in [-0.39, 0.29) is 31.4 Å². The number of rotatable bonds is 6. The molecule has 1 N–H and O–H groups in total. The largest absolute Gasteiger partial charge is 0.389 e. The number of fused-ring (bicyclic) bond motifs is 1. The molecule has 0 bridgehead atoms. The summed E-state index contributed by atoms with van der Waals surface area (Å²) in [6.07, 6.45) is 6.39. The molecule has 2 radical (unpaired) electrons. The van der Waals surface area contributed by atoms with Gasteiger partial charge < -0.3 is 10.0 Å². The monoisotopic (exact) mass is 385 g/mol. The third kappa shape index (κ3) is 5.69. The predicted molar refractivity (Wildman–Crippen MR) is 104 cm³/mol. The van der Waals surface area contributed by atoms with Crippen molar-refractivity contribution in [3.05, 3.63) is 41.6 Å². The molecule has 1 aromatic carbocycles. The molecule has 1 fully saturated rings. The fraction of sp³-hybridized carbons (Fsp3) is 0.500. The molecule has 5 nitrogen and oxygen atoms in total. The van der Waals surface area contributed by atoms with Crippen LogP contribution in [0.5, 0.6) is 0 Å². The predicted octanol–water partition coefficient (Wildman–Crippen LogP) is 3.05. The topological polar surface area (TPSA) is 48.3 Å². The van der Waals surface area contributed by atoms with Crippen LogP contribution in [0.4, 0.5) is 0 Å². The minimum absolute atomic E-state index is 0. The lowest BCUT2D eigenvalue weighted by molar-refractivity contribution is -0.171. The van der Waals surface area contributed by atoms with E-state index in [4.69, 9.17) is 11.6 Å². The van der Waals surface area contributed by atoms with Crippen molar-refractivity contribution in [2.75, 3.05) is 26.2 Å². The van der Waals surface area contributed by atoms with E-state index in [9.17, 15) is 5.11 Å². The van der Waals surface area contributed by atoms with Crippen molar-refractivity contribution in [1.29, 1.82) is 0 Å². The molecule has 2 aliphatic heterocycles. The van der Waals surface area contributed by atoms with E-state index in [0.717, 1.165) is 24.2 Å². The lowest BCUT2D eigenvalue weighted by Crippen LogP contribution is -2.39. The number of halogens is 2. The normalized spacial score (nSPS) is 20.8. The highest BCUT2D eigenvalue weighted by Crippen LogP contribution is 2.30. The van der Waals surface area contributed by atoms with Gasteiger partial charge in [0.2, 0.25) is 0 Å². The highest BCUT2D eigenvalue weighted by molar-refractivity contribution is 5.85. The van der Waals surface area contributed by atoms with Crippen LogP contribution in [0.3, 0.4) is 0 Å². The highest BCUT2D eigenvalue weighted by Gasteiger charge is 2.24. The number of aliphatic imine (C=N–C) groups is 1. The van der Waals surface area contributed by atoms with Crippen molar-refractivity contribution in [3.8, 4) is 0 Å². The van der Waals surface area contributed by atoms with E-state index in [0.29, 0.717) is 6.54 Å². The summed E-state index contributed by atoms with van der Waals surface area (Å²) in [4.78, 5) is 11.7. The van der Waals surface area contributed by atoms with Crippen molar-refractivity contribution < 1.29 is 9.94 Å². The Kier molecular flexibility index (Phi) is 9.46. The lowest BCUT2D eigenvalue weighted by atomic mass is 10.0. The van der Waals surface area contributed by atoms with Crippen LogP contribution in [-0.2, 0) is 4.84 Å². The van der Waals surface area contributed by atoms with Gasteiger partial charge in [0.15, 0.2) is 6.17 Å². The van der Waals surface area contributed by atoms with E-state index < -0.39 is 12.3 Å². The van der Waals surface area contributed by atoms with E-state index in [1.807, 2.05) is 30.3 Å². The zero-order valence-electron chi connectivity index (χ0n) is 14.1. The van der Waals surface area contributed by atoms with E-state index in [2.05, 4.69) is 9.89 Å². The van der Waals surface area contributed by atoms with E-state index in [1.54, 1.807) is 11.3 Å². The highest BCUT2D eigenvalue weighted by atomic mass is 35.5. The number of hydrogen-bond acceptors (Lipinski definition) is 5. The molecule has 1 aromatic rings. The molecule has 3 rings (SSSR count). The average Bonchev–Trinajstić information content (AvgIpc) is 2.60. The fourth-order valence-electron chi connectivity index (χ4n) is 3.18. The van der Waals surface area contributed by atoms with E-state index >= 15 is 0 Å². The molecule has 0 aromatic heterocycles. The van der Waals surface area contributed by atoms with Crippen molar-refractivity contribution in [2.45, 2.75) is 31.5 Å². The molecule has 2 unspecified atom stereocenters. The molecule has 0 amide bonds. The zero-order chi connectivity index (χ0) is 16.1. The standard InChI is InChI=1S/C18H23N3O2.2ClH/c1-19-18-17-8-4-3-7-15(17)9-12-21(18)23-14-16(22)13-20-10-5-2-6-11-20;;/h3-4,7-9,12,16,18,22H,2,5-6,10-11,13-14H2;2*1H. The third-order valence-corrected chi connectivity index (χ3v) is 4.37. The number of hydrogen-bond donors (Lipinski definition) is 1. The molecule has 0 aliphatic carbocycles. The van der Waals surface area contributed by atoms with Crippen molar-refractivity contribution in [1.82, 2.24) is 9.96 Å². The number of piperidine rings is 1. The van der Waals surface area contributed by atoms with Crippen LogP contribution in [0.25, 0.3) is 6.08 Å². The summed E-state index contributed by atoms with van der Waals surface area (Å²) < 4.78 is 0. The maximum absolute atomic E-state index is 10.2. The Labute approximate surface area is 162 Å². The van der Waals surface area contributed by atoms with Crippen LogP contribution in [-0.4, -0.2) is 54.1 Å². The number of likely N-dealkylation sites (tertiary alicyclic amines) is 1. The molecular formula is C18H25Cl2N3O2. The number of aliphatic hydroxyl groups excluding tert-OH is 1. The molecule has 138 valence electrons. The number of benzene rings is 1. The Balaban J connectivity index is 0.00000156. The molecule has 7 heteroatoms. The second-order valence-corrected chi connectivity index (χ2v) is 6.12. The second kappa shape index (κ2) is 10.8. The fourth-order valence-corrected chi connectivity index (χ4v) is 3.18. The molecule has 25 heavy (non-hydrogen) atoms. The summed E-state index contributed by atoms with van der Waals surface area (Å²) in [5.74, 6) is 0. The first-order chi connectivity index (χ1) is 11.3. The smallest absolute Gasteiger partial charge is 0.172 e. The Bertz CT molecular complexity index is 565. The van der Waals surface area contributed by atoms with Gasteiger partial charge in [0.25, 0.3) is 0 Å². The third-order valence-electron chi connectivity index (χ3n) is 4.37. The van der Waals surface area contributed by atoms with Gasteiger partial charge in [0.1, 0.15) is 13.3 Å². The Hall–Kier alpha value is -1.11. The SMILES string of the molecule is Cl.Cl.OC(CON1C=Cc2ccccc2C1N=[C:1])CN1CCCCC1. The second-order valence-electron chi connectivity index (χ2n) is 6.12. The van der Waals surface area contributed by atoms with Crippen LogP contribution in [0.2, 0.25) is 0 Å².